The van der Waals surface area contributed by atoms with Crippen LogP contribution in [0.15, 0.2) is 42.7 Å². The van der Waals surface area contributed by atoms with Crippen LogP contribution in [0, 0.1) is 5.92 Å². The van der Waals surface area contributed by atoms with E-state index in [1.54, 1.807) is 0 Å². The Morgan fingerprint density at radius 3 is 2.92 bits per heavy atom. The molecule has 1 atom stereocenters. The second-order valence-electron chi connectivity index (χ2n) is 6.13. The van der Waals surface area contributed by atoms with Gasteiger partial charge in [0.25, 0.3) is 0 Å². The number of carbonyl (C=O) groups is 1. The summed E-state index contributed by atoms with van der Waals surface area (Å²) in [6.07, 6.45) is 7.52. The SMILES string of the molecule is Cl.O=C(CCC1CCNC1)NCCc1cnn(-c2ccccc2)c1. The first-order chi connectivity index (χ1) is 11.3. The Kier molecular flexibility index (Phi) is 7.28. The standard InChI is InChI=1S/C18H24N4O.ClH/c23-18(7-6-15-8-10-19-12-15)20-11-9-16-13-21-22(14-16)17-4-2-1-3-5-17;/h1-5,13-15,19H,6-12H2,(H,20,23);1H. The highest BCUT2D eigenvalue weighted by atomic mass is 35.5. The Morgan fingerprint density at radius 2 is 2.17 bits per heavy atom. The summed E-state index contributed by atoms with van der Waals surface area (Å²) in [4.78, 5) is 11.9. The van der Waals surface area contributed by atoms with E-state index in [4.69, 9.17) is 0 Å². The molecule has 2 N–H and O–H groups in total. The third-order valence-corrected chi connectivity index (χ3v) is 4.33. The van der Waals surface area contributed by atoms with Gasteiger partial charge in [0.2, 0.25) is 5.91 Å². The van der Waals surface area contributed by atoms with Crippen molar-refractivity contribution in [1.82, 2.24) is 20.4 Å². The van der Waals surface area contributed by atoms with E-state index < -0.39 is 0 Å². The number of para-hydroxylation sites is 1. The molecule has 0 bridgehead atoms. The highest BCUT2D eigenvalue weighted by molar-refractivity contribution is 5.85. The maximum absolute atomic E-state index is 11.9. The van der Waals surface area contributed by atoms with E-state index in [1.165, 1.54) is 6.42 Å². The van der Waals surface area contributed by atoms with Crippen molar-refractivity contribution < 1.29 is 4.79 Å². The average molecular weight is 349 g/mol. The van der Waals surface area contributed by atoms with Crippen LogP contribution >= 0.6 is 12.4 Å². The van der Waals surface area contributed by atoms with Crippen LogP contribution in [0.4, 0.5) is 0 Å². The molecule has 0 radical (unpaired) electrons. The summed E-state index contributed by atoms with van der Waals surface area (Å²) < 4.78 is 1.87. The fourth-order valence-electron chi connectivity index (χ4n) is 2.94. The van der Waals surface area contributed by atoms with Gasteiger partial charge in [0, 0.05) is 19.2 Å². The summed E-state index contributed by atoms with van der Waals surface area (Å²) in [7, 11) is 0. The van der Waals surface area contributed by atoms with Gasteiger partial charge in [-0.2, -0.15) is 5.10 Å². The van der Waals surface area contributed by atoms with E-state index in [9.17, 15) is 4.79 Å². The fourth-order valence-corrected chi connectivity index (χ4v) is 2.94. The van der Waals surface area contributed by atoms with Crippen molar-refractivity contribution in [2.75, 3.05) is 19.6 Å². The van der Waals surface area contributed by atoms with Crippen molar-refractivity contribution >= 4 is 18.3 Å². The van der Waals surface area contributed by atoms with Crippen LogP contribution in [0.3, 0.4) is 0 Å². The summed E-state index contributed by atoms with van der Waals surface area (Å²) >= 11 is 0. The Hall–Kier alpha value is -1.85. The lowest BCUT2D eigenvalue weighted by Crippen LogP contribution is -2.26. The van der Waals surface area contributed by atoms with Gasteiger partial charge in [-0.25, -0.2) is 4.68 Å². The first kappa shape index (κ1) is 18.5. The zero-order valence-electron chi connectivity index (χ0n) is 13.8. The fraction of sp³-hybridized carbons (Fsp3) is 0.444. The van der Waals surface area contributed by atoms with Gasteiger partial charge in [0.05, 0.1) is 11.9 Å². The molecule has 1 saturated heterocycles. The predicted octanol–water partition coefficient (Wildman–Crippen LogP) is 2.34. The van der Waals surface area contributed by atoms with Gasteiger partial charge in [0.1, 0.15) is 0 Å². The maximum atomic E-state index is 11.9. The lowest BCUT2D eigenvalue weighted by Gasteiger charge is -2.08. The van der Waals surface area contributed by atoms with Gasteiger partial charge in [0.15, 0.2) is 0 Å². The van der Waals surface area contributed by atoms with E-state index >= 15 is 0 Å². The number of rotatable bonds is 7. The topological polar surface area (TPSA) is 59.0 Å². The number of amides is 1. The quantitative estimate of drug-likeness (QED) is 0.807. The van der Waals surface area contributed by atoms with Crippen molar-refractivity contribution in [3.63, 3.8) is 0 Å². The molecule has 1 aliphatic rings. The lowest BCUT2D eigenvalue weighted by atomic mass is 10.0. The number of benzene rings is 1. The third-order valence-electron chi connectivity index (χ3n) is 4.33. The molecule has 0 saturated carbocycles. The summed E-state index contributed by atoms with van der Waals surface area (Å²) in [6.45, 7) is 2.83. The summed E-state index contributed by atoms with van der Waals surface area (Å²) in [6, 6.07) is 10.0. The number of nitrogens with zero attached hydrogens (tertiary/aromatic N) is 2. The molecule has 6 heteroatoms. The number of nitrogens with one attached hydrogen (secondary N) is 2. The molecule has 1 aliphatic heterocycles. The van der Waals surface area contributed by atoms with Crippen LogP contribution in [0.25, 0.3) is 5.69 Å². The Morgan fingerprint density at radius 1 is 1.33 bits per heavy atom. The largest absolute Gasteiger partial charge is 0.356 e. The number of hydrogen-bond donors (Lipinski definition) is 2. The van der Waals surface area contributed by atoms with Gasteiger partial charge in [-0.15, -0.1) is 12.4 Å². The molecule has 0 aliphatic carbocycles. The molecule has 2 aromatic rings. The van der Waals surface area contributed by atoms with Gasteiger partial charge in [-0.1, -0.05) is 18.2 Å². The molecule has 2 heterocycles. The van der Waals surface area contributed by atoms with E-state index in [2.05, 4.69) is 15.7 Å². The normalized spacial score (nSPS) is 16.6. The number of halogens is 1. The maximum Gasteiger partial charge on any atom is 0.220 e. The number of carbonyl (C=O) groups excluding carboxylic acids is 1. The Labute approximate surface area is 149 Å². The summed E-state index contributed by atoms with van der Waals surface area (Å²) in [5.74, 6) is 0.831. The average Bonchev–Trinajstić information content (AvgIpc) is 3.26. The first-order valence-electron chi connectivity index (χ1n) is 8.37. The molecule has 1 fully saturated rings. The Bertz CT molecular complexity index is 623. The van der Waals surface area contributed by atoms with E-state index in [1.807, 2.05) is 47.4 Å². The van der Waals surface area contributed by atoms with Crippen molar-refractivity contribution in [3.8, 4) is 5.69 Å². The molecule has 130 valence electrons. The van der Waals surface area contributed by atoms with E-state index in [-0.39, 0.29) is 18.3 Å². The Balaban J connectivity index is 0.00000208. The molecule has 0 spiro atoms. The van der Waals surface area contributed by atoms with Crippen LogP contribution in [0.5, 0.6) is 0 Å². The van der Waals surface area contributed by atoms with Gasteiger partial charge < -0.3 is 10.6 Å². The van der Waals surface area contributed by atoms with E-state index in [0.717, 1.165) is 37.2 Å². The molecule has 1 unspecified atom stereocenters. The van der Waals surface area contributed by atoms with Crippen molar-refractivity contribution in [1.29, 1.82) is 0 Å². The molecular weight excluding hydrogens is 324 g/mol. The molecule has 1 aromatic carbocycles. The highest BCUT2D eigenvalue weighted by Crippen LogP contribution is 2.14. The second kappa shape index (κ2) is 9.45. The van der Waals surface area contributed by atoms with Crippen molar-refractivity contribution in [2.24, 2.45) is 5.92 Å². The monoisotopic (exact) mass is 348 g/mol. The third kappa shape index (κ3) is 5.35. The van der Waals surface area contributed by atoms with Crippen LogP contribution < -0.4 is 10.6 Å². The van der Waals surface area contributed by atoms with Gasteiger partial charge >= 0.3 is 0 Å². The van der Waals surface area contributed by atoms with Gasteiger partial charge in [-0.05, 0) is 56.0 Å². The number of hydrogen-bond acceptors (Lipinski definition) is 3. The molecule has 24 heavy (non-hydrogen) atoms. The van der Waals surface area contributed by atoms with Crippen LogP contribution in [-0.2, 0) is 11.2 Å². The minimum absolute atomic E-state index is 0. The molecule has 3 rings (SSSR count). The van der Waals surface area contributed by atoms with Crippen molar-refractivity contribution in [2.45, 2.75) is 25.7 Å². The molecule has 1 aromatic heterocycles. The minimum atomic E-state index is 0. The molecular formula is C18H25ClN4O. The second-order valence-corrected chi connectivity index (χ2v) is 6.13. The van der Waals surface area contributed by atoms with Crippen LogP contribution in [0.2, 0.25) is 0 Å². The minimum Gasteiger partial charge on any atom is -0.356 e. The lowest BCUT2D eigenvalue weighted by molar-refractivity contribution is -0.121. The summed E-state index contributed by atoms with van der Waals surface area (Å²) in [5, 5.41) is 10.7. The number of aromatic nitrogens is 2. The van der Waals surface area contributed by atoms with Gasteiger partial charge in [-0.3, -0.25) is 4.79 Å². The molecule has 1 amide bonds. The van der Waals surface area contributed by atoms with Crippen LogP contribution in [0.1, 0.15) is 24.8 Å². The van der Waals surface area contributed by atoms with Crippen LogP contribution in [-0.4, -0.2) is 35.3 Å². The summed E-state index contributed by atoms with van der Waals surface area (Å²) in [5.41, 5.74) is 2.18. The van der Waals surface area contributed by atoms with Crippen molar-refractivity contribution in [3.05, 3.63) is 48.3 Å². The zero-order chi connectivity index (χ0) is 15.9. The highest BCUT2D eigenvalue weighted by Gasteiger charge is 2.15. The zero-order valence-corrected chi connectivity index (χ0v) is 14.6. The first-order valence-corrected chi connectivity index (χ1v) is 8.37. The van der Waals surface area contributed by atoms with E-state index in [0.29, 0.717) is 18.9 Å². The smallest absolute Gasteiger partial charge is 0.220 e. The predicted molar refractivity (Wildman–Crippen MR) is 97.7 cm³/mol. The molecule has 5 nitrogen and oxygen atoms in total.